The standard InChI is InChI=1S/C26H28N6O2/c1-16(2)34-23-8-5-19(6-9-23)14-28-26(33)24-10-7-20(15-27-24)25-29-17(3)11-21(30-25)13-22-12-18(4)31-32-22/h5-12,15-16H,13-14H2,1-4H3,(H,28,33)(H,31,32). The van der Waals surface area contributed by atoms with E-state index in [0.717, 1.165) is 39.7 Å². The normalized spacial score (nSPS) is 11.0. The number of nitrogens with one attached hydrogen (secondary N) is 2. The number of carbonyl (C=O) groups excluding carboxylic acids is 1. The first kappa shape index (κ1) is 23.1. The molecule has 0 fully saturated rings. The van der Waals surface area contributed by atoms with E-state index in [9.17, 15) is 4.79 Å². The quantitative estimate of drug-likeness (QED) is 0.412. The molecule has 3 aromatic heterocycles. The van der Waals surface area contributed by atoms with E-state index >= 15 is 0 Å². The van der Waals surface area contributed by atoms with Crippen molar-refractivity contribution in [2.24, 2.45) is 0 Å². The van der Waals surface area contributed by atoms with Crippen LogP contribution in [0.1, 0.15) is 52.7 Å². The molecule has 0 aliphatic carbocycles. The topological polar surface area (TPSA) is 106 Å². The SMILES string of the molecule is Cc1cc(Cc2cc(C)[nH]n2)nc(-c2ccc(C(=O)NCc3ccc(OC(C)C)cc3)nc2)n1. The lowest BCUT2D eigenvalue weighted by atomic mass is 10.1. The van der Waals surface area contributed by atoms with Crippen LogP contribution >= 0.6 is 0 Å². The van der Waals surface area contributed by atoms with Crippen LogP contribution in [0.2, 0.25) is 0 Å². The van der Waals surface area contributed by atoms with E-state index in [4.69, 9.17) is 4.74 Å². The average molecular weight is 457 g/mol. The van der Waals surface area contributed by atoms with Crippen LogP contribution in [-0.2, 0) is 13.0 Å². The van der Waals surface area contributed by atoms with Gasteiger partial charge in [0.2, 0.25) is 0 Å². The predicted octanol–water partition coefficient (Wildman–Crippen LogP) is 4.19. The summed E-state index contributed by atoms with van der Waals surface area (Å²) in [5.74, 6) is 1.14. The predicted molar refractivity (Wildman–Crippen MR) is 130 cm³/mol. The summed E-state index contributed by atoms with van der Waals surface area (Å²) in [6.07, 6.45) is 2.36. The fraction of sp³-hybridized carbons (Fsp3) is 0.269. The number of rotatable bonds is 8. The minimum absolute atomic E-state index is 0.122. The van der Waals surface area contributed by atoms with Crippen molar-refractivity contribution in [3.63, 3.8) is 0 Å². The number of aryl methyl sites for hydroxylation is 2. The molecule has 4 rings (SSSR count). The number of carbonyl (C=O) groups is 1. The second-order valence-electron chi connectivity index (χ2n) is 8.47. The molecule has 0 unspecified atom stereocenters. The summed E-state index contributed by atoms with van der Waals surface area (Å²) in [5.41, 5.74) is 5.74. The van der Waals surface area contributed by atoms with Crippen molar-refractivity contribution in [1.82, 2.24) is 30.5 Å². The van der Waals surface area contributed by atoms with Crippen molar-refractivity contribution >= 4 is 5.91 Å². The van der Waals surface area contributed by atoms with E-state index in [1.165, 1.54) is 0 Å². The van der Waals surface area contributed by atoms with Gasteiger partial charge in [-0.3, -0.25) is 14.9 Å². The molecule has 1 amide bonds. The molecule has 0 radical (unpaired) electrons. The van der Waals surface area contributed by atoms with Crippen LogP contribution in [0.15, 0.2) is 54.7 Å². The highest BCUT2D eigenvalue weighted by atomic mass is 16.5. The summed E-state index contributed by atoms with van der Waals surface area (Å²) in [5, 5.41) is 10.1. The van der Waals surface area contributed by atoms with E-state index in [2.05, 4.69) is 30.5 Å². The van der Waals surface area contributed by atoms with Crippen molar-refractivity contribution in [1.29, 1.82) is 0 Å². The third-order valence-corrected chi connectivity index (χ3v) is 5.03. The lowest BCUT2D eigenvalue weighted by Gasteiger charge is -2.10. The van der Waals surface area contributed by atoms with Crippen molar-refractivity contribution in [3.8, 4) is 17.1 Å². The summed E-state index contributed by atoms with van der Waals surface area (Å²) in [6.45, 7) is 8.27. The van der Waals surface area contributed by atoms with Gasteiger partial charge in [0.15, 0.2) is 5.82 Å². The number of aromatic amines is 1. The van der Waals surface area contributed by atoms with Gasteiger partial charge in [0.25, 0.3) is 5.91 Å². The van der Waals surface area contributed by atoms with Crippen LogP contribution in [-0.4, -0.2) is 37.2 Å². The zero-order chi connectivity index (χ0) is 24.1. The van der Waals surface area contributed by atoms with Gasteiger partial charge in [0, 0.05) is 36.1 Å². The van der Waals surface area contributed by atoms with Gasteiger partial charge in [0.1, 0.15) is 11.4 Å². The molecule has 0 spiro atoms. The Bertz CT molecular complexity index is 1260. The third-order valence-electron chi connectivity index (χ3n) is 5.03. The van der Waals surface area contributed by atoms with Gasteiger partial charge in [-0.1, -0.05) is 12.1 Å². The van der Waals surface area contributed by atoms with Crippen LogP contribution in [0.25, 0.3) is 11.4 Å². The number of hydrogen-bond donors (Lipinski definition) is 2. The van der Waals surface area contributed by atoms with Crippen LogP contribution in [0.4, 0.5) is 0 Å². The summed E-state index contributed by atoms with van der Waals surface area (Å²) >= 11 is 0. The smallest absolute Gasteiger partial charge is 0.270 e. The monoisotopic (exact) mass is 456 g/mol. The molecule has 0 aliphatic heterocycles. The number of aromatic nitrogens is 5. The fourth-order valence-electron chi connectivity index (χ4n) is 3.50. The minimum atomic E-state index is -0.242. The molecule has 0 saturated heterocycles. The molecule has 0 bridgehead atoms. The maximum atomic E-state index is 12.6. The Hall–Kier alpha value is -4.07. The fourth-order valence-corrected chi connectivity index (χ4v) is 3.50. The zero-order valence-electron chi connectivity index (χ0n) is 19.8. The van der Waals surface area contributed by atoms with Gasteiger partial charge in [-0.2, -0.15) is 5.10 Å². The first-order valence-electron chi connectivity index (χ1n) is 11.2. The van der Waals surface area contributed by atoms with Crippen LogP contribution < -0.4 is 10.1 Å². The lowest BCUT2D eigenvalue weighted by Crippen LogP contribution is -2.23. The second-order valence-corrected chi connectivity index (χ2v) is 8.47. The highest BCUT2D eigenvalue weighted by Crippen LogP contribution is 2.17. The molecule has 8 heteroatoms. The Kier molecular flexibility index (Phi) is 6.96. The van der Waals surface area contributed by atoms with Gasteiger partial charge < -0.3 is 10.1 Å². The Morgan fingerprint density at radius 1 is 1.03 bits per heavy atom. The third kappa shape index (κ3) is 6.04. The number of H-pyrrole nitrogens is 1. The van der Waals surface area contributed by atoms with Crippen molar-refractivity contribution in [2.75, 3.05) is 0 Å². The van der Waals surface area contributed by atoms with Crippen LogP contribution in [0.3, 0.4) is 0 Å². The van der Waals surface area contributed by atoms with E-state index in [1.54, 1.807) is 12.3 Å². The first-order valence-corrected chi connectivity index (χ1v) is 11.2. The molecule has 34 heavy (non-hydrogen) atoms. The average Bonchev–Trinajstić information content (AvgIpc) is 3.22. The molecule has 0 saturated carbocycles. The van der Waals surface area contributed by atoms with Gasteiger partial charge in [-0.25, -0.2) is 9.97 Å². The summed E-state index contributed by atoms with van der Waals surface area (Å²) in [4.78, 5) is 26.1. The van der Waals surface area contributed by atoms with E-state index in [-0.39, 0.29) is 12.0 Å². The lowest BCUT2D eigenvalue weighted by molar-refractivity contribution is 0.0946. The van der Waals surface area contributed by atoms with Crippen molar-refractivity contribution in [2.45, 2.75) is 46.8 Å². The van der Waals surface area contributed by atoms with E-state index in [0.29, 0.717) is 24.5 Å². The molecule has 2 N–H and O–H groups in total. The number of nitrogens with zero attached hydrogens (tertiary/aromatic N) is 4. The van der Waals surface area contributed by atoms with Crippen molar-refractivity contribution in [3.05, 3.63) is 88.8 Å². The number of amides is 1. The van der Waals surface area contributed by atoms with E-state index < -0.39 is 0 Å². The maximum absolute atomic E-state index is 12.6. The molecule has 0 atom stereocenters. The molecule has 8 nitrogen and oxygen atoms in total. The first-order chi connectivity index (χ1) is 16.4. The van der Waals surface area contributed by atoms with Crippen LogP contribution in [0, 0.1) is 13.8 Å². The Balaban J connectivity index is 1.40. The van der Waals surface area contributed by atoms with E-state index in [1.807, 2.05) is 70.2 Å². The number of pyridine rings is 1. The largest absolute Gasteiger partial charge is 0.491 e. The molecule has 3 heterocycles. The Morgan fingerprint density at radius 3 is 2.47 bits per heavy atom. The maximum Gasteiger partial charge on any atom is 0.270 e. The Morgan fingerprint density at radius 2 is 1.82 bits per heavy atom. The molecular weight excluding hydrogens is 428 g/mol. The molecule has 0 aliphatic rings. The number of hydrogen-bond acceptors (Lipinski definition) is 6. The van der Waals surface area contributed by atoms with Crippen LogP contribution in [0.5, 0.6) is 5.75 Å². The van der Waals surface area contributed by atoms with Gasteiger partial charge in [-0.15, -0.1) is 0 Å². The molecule has 4 aromatic rings. The zero-order valence-corrected chi connectivity index (χ0v) is 19.8. The second kappa shape index (κ2) is 10.2. The number of benzene rings is 1. The van der Waals surface area contributed by atoms with Crippen molar-refractivity contribution < 1.29 is 9.53 Å². The Labute approximate surface area is 198 Å². The highest BCUT2D eigenvalue weighted by Gasteiger charge is 2.11. The molecular formula is C26H28N6O2. The minimum Gasteiger partial charge on any atom is -0.491 e. The van der Waals surface area contributed by atoms with Gasteiger partial charge in [0.05, 0.1) is 17.5 Å². The summed E-state index contributed by atoms with van der Waals surface area (Å²) in [7, 11) is 0. The molecule has 174 valence electrons. The molecule has 1 aromatic carbocycles. The number of ether oxygens (including phenoxy) is 1. The van der Waals surface area contributed by atoms with Gasteiger partial charge >= 0.3 is 0 Å². The highest BCUT2D eigenvalue weighted by molar-refractivity contribution is 5.92. The summed E-state index contributed by atoms with van der Waals surface area (Å²) < 4.78 is 5.64. The van der Waals surface area contributed by atoms with Gasteiger partial charge in [-0.05, 0) is 69.7 Å². The summed E-state index contributed by atoms with van der Waals surface area (Å²) in [6, 6.07) is 15.1.